The molecule has 0 unspecified atom stereocenters. The Morgan fingerprint density at radius 3 is 2.87 bits per heavy atom. The molecule has 2 rings (SSSR count). The lowest BCUT2D eigenvalue weighted by Gasteiger charge is -2.01. The minimum Gasteiger partial charge on any atom is -0.272 e. The van der Waals surface area contributed by atoms with Crippen LogP contribution in [0.3, 0.4) is 0 Å². The number of rotatable bonds is 2. The van der Waals surface area contributed by atoms with Crippen LogP contribution in [0.5, 0.6) is 0 Å². The van der Waals surface area contributed by atoms with Gasteiger partial charge in [0, 0.05) is 23.9 Å². The zero-order valence-corrected chi connectivity index (χ0v) is 9.39. The molecule has 0 spiro atoms. The fourth-order valence-electron chi connectivity index (χ4n) is 1.16. The third-order valence-corrected chi connectivity index (χ3v) is 2.52. The van der Waals surface area contributed by atoms with Crippen molar-refractivity contribution >= 4 is 21.8 Å². The fraction of sp³-hybridized carbons (Fsp3) is 0.100. The number of pyridine rings is 1. The van der Waals surface area contributed by atoms with E-state index in [1.807, 2.05) is 6.07 Å². The average molecular weight is 266 g/mol. The van der Waals surface area contributed by atoms with Crippen LogP contribution in [0, 0.1) is 0 Å². The van der Waals surface area contributed by atoms with Gasteiger partial charge in [0.2, 0.25) is 0 Å². The number of halogens is 1. The van der Waals surface area contributed by atoms with Crippen LogP contribution in [0.2, 0.25) is 0 Å². The quantitative estimate of drug-likeness (QED) is 0.779. The zero-order valence-electron chi connectivity index (χ0n) is 7.80. The van der Waals surface area contributed by atoms with Gasteiger partial charge in [0.05, 0.1) is 11.3 Å². The van der Waals surface area contributed by atoms with Crippen LogP contribution >= 0.6 is 15.9 Å². The molecule has 0 aliphatic rings. The van der Waals surface area contributed by atoms with E-state index in [9.17, 15) is 4.79 Å². The molecular formula is C10H8BrN3O. The zero-order chi connectivity index (χ0) is 10.7. The van der Waals surface area contributed by atoms with Gasteiger partial charge in [0.1, 0.15) is 6.33 Å². The minimum absolute atomic E-state index is 0.124. The maximum atomic E-state index is 11.8. The highest BCUT2D eigenvalue weighted by Crippen LogP contribution is 2.05. The Morgan fingerprint density at radius 1 is 1.47 bits per heavy atom. The van der Waals surface area contributed by atoms with Crippen molar-refractivity contribution < 1.29 is 4.79 Å². The third-order valence-electron chi connectivity index (χ3n) is 1.95. The maximum absolute atomic E-state index is 11.8. The van der Waals surface area contributed by atoms with Crippen LogP contribution in [0.15, 0.2) is 37.1 Å². The molecule has 2 aromatic heterocycles. The lowest BCUT2D eigenvalue weighted by Crippen LogP contribution is -2.10. The summed E-state index contributed by atoms with van der Waals surface area (Å²) in [4.78, 5) is 19.7. The molecule has 0 radical (unpaired) electrons. The van der Waals surface area contributed by atoms with Gasteiger partial charge in [-0.15, -0.1) is 0 Å². The molecule has 2 aromatic rings. The number of aromatic nitrogens is 3. The molecule has 0 bridgehead atoms. The van der Waals surface area contributed by atoms with Crippen molar-refractivity contribution in [3.05, 3.63) is 48.3 Å². The van der Waals surface area contributed by atoms with Gasteiger partial charge >= 0.3 is 0 Å². The normalized spacial score (nSPS) is 10.2. The van der Waals surface area contributed by atoms with Crippen molar-refractivity contribution in [1.82, 2.24) is 14.5 Å². The van der Waals surface area contributed by atoms with E-state index in [2.05, 4.69) is 25.9 Å². The molecule has 0 saturated carbocycles. The van der Waals surface area contributed by atoms with Gasteiger partial charge in [-0.25, -0.2) is 4.98 Å². The van der Waals surface area contributed by atoms with Gasteiger partial charge in [-0.3, -0.25) is 14.3 Å². The summed E-state index contributed by atoms with van der Waals surface area (Å²) in [6.45, 7) is 0. The first-order chi connectivity index (χ1) is 7.31. The molecule has 4 nitrogen and oxygen atoms in total. The second-order valence-corrected chi connectivity index (χ2v) is 3.51. The Balaban J connectivity index is 2.27. The molecular weight excluding hydrogens is 258 g/mol. The molecule has 0 fully saturated rings. The topological polar surface area (TPSA) is 47.8 Å². The summed E-state index contributed by atoms with van der Waals surface area (Å²) >= 11 is 3.30. The number of imidazole rings is 1. The van der Waals surface area contributed by atoms with Crippen LogP contribution in [-0.2, 0) is 5.33 Å². The van der Waals surface area contributed by atoms with E-state index in [1.165, 1.54) is 10.9 Å². The average Bonchev–Trinajstić information content (AvgIpc) is 2.82. The first-order valence-corrected chi connectivity index (χ1v) is 5.47. The predicted octanol–water partition coefficient (Wildman–Crippen LogP) is 1.86. The predicted molar refractivity (Wildman–Crippen MR) is 58.8 cm³/mol. The van der Waals surface area contributed by atoms with E-state index in [0.29, 0.717) is 10.9 Å². The Kier molecular flexibility index (Phi) is 2.91. The fourth-order valence-corrected chi connectivity index (χ4v) is 1.49. The van der Waals surface area contributed by atoms with Crippen molar-refractivity contribution in [3.8, 4) is 0 Å². The molecule has 0 aromatic carbocycles. The van der Waals surface area contributed by atoms with Gasteiger partial charge in [0.25, 0.3) is 5.91 Å². The molecule has 0 atom stereocenters. The summed E-state index contributed by atoms with van der Waals surface area (Å²) < 4.78 is 1.42. The monoisotopic (exact) mass is 265 g/mol. The van der Waals surface area contributed by atoms with Crippen molar-refractivity contribution in [2.45, 2.75) is 5.33 Å². The highest BCUT2D eigenvalue weighted by molar-refractivity contribution is 9.08. The summed E-state index contributed by atoms with van der Waals surface area (Å²) in [6, 6.07) is 3.57. The largest absolute Gasteiger partial charge is 0.272 e. The number of alkyl halides is 1. The van der Waals surface area contributed by atoms with E-state index in [-0.39, 0.29) is 5.91 Å². The number of carbonyl (C=O) groups excluding carboxylic acids is 1. The van der Waals surface area contributed by atoms with Gasteiger partial charge in [-0.05, 0) is 12.1 Å². The minimum atomic E-state index is -0.124. The van der Waals surface area contributed by atoms with Gasteiger partial charge < -0.3 is 0 Å². The Labute approximate surface area is 95.1 Å². The smallest absolute Gasteiger partial charge is 0.264 e. The van der Waals surface area contributed by atoms with Crippen molar-refractivity contribution in [1.29, 1.82) is 0 Å². The number of nitrogens with zero attached hydrogens (tertiary/aromatic N) is 3. The molecule has 76 valence electrons. The molecule has 0 saturated heterocycles. The first kappa shape index (κ1) is 10.0. The first-order valence-electron chi connectivity index (χ1n) is 4.35. The van der Waals surface area contributed by atoms with E-state index < -0.39 is 0 Å². The van der Waals surface area contributed by atoms with E-state index in [1.54, 1.807) is 24.7 Å². The van der Waals surface area contributed by atoms with Crippen molar-refractivity contribution in [2.24, 2.45) is 0 Å². The van der Waals surface area contributed by atoms with Crippen LogP contribution in [0.4, 0.5) is 0 Å². The third kappa shape index (κ3) is 2.12. The highest BCUT2D eigenvalue weighted by Gasteiger charge is 2.07. The molecule has 5 heteroatoms. The highest BCUT2D eigenvalue weighted by atomic mass is 79.9. The van der Waals surface area contributed by atoms with Crippen LogP contribution in [-0.4, -0.2) is 20.4 Å². The molecule has 0 N–H and O–H groups in total. The molecule has 0 aliphatic heterocycles. The molecule has 0 amide bonds. The summed E-state index contributed by atoms with van der Waals surface area (Å²) in [5.74, 6) is -0.124. The second-order valence-electron chi connectivity index (χ2n) is 2.95. The van der Waals surface area contributed by atoms with E-state index >= 15 is 0 Å². The lowest BCUT2D eigenvalue weighted by molar-refractivity contribution is 0.0959. The summed E-state index contributed by atoms with van der Waals surface area (Å²) in [5, 5.41) is 0.687. The standard InChI is InChI=1S/C10H8BrN3O/c11-5-9-2-1-8(6-13-9)10(15)14-4-3-12-7-14/h1-4,6-7H,5H2. The summed E-state index contributed by atoms with van der Waals surface area (Å²) in [7, 11) is 0. The summed E-state index contributed by atoms with van der Waals surface area (Å²) in [5.41, 5.74) is 1.45. The number of hydrogen-bond acceptors (Lipinski definition) is 3. The van der Waals surface area contributed by atoms with E-state index in [4.69, 9.17) is 0 Å². The van der Waals surface area contributed by atoms with Crippen LogP contribution < -0.4 is 0 Å². The molecule has 15 heavy (non-hydrogen) atoms. The lowest BCUT2D eigenvalue weighted by atomic mass is 10.2. The maximum Gasteiger partial charge on any atom is 0.264 e. The van der Waals surface area contributed by atoms with Crippen molar-refractivity contribution in [3.63, 3.8) is 0 Å². The van der Waals surface area contributed by atoms with Crippen LogP contribution in [0.25, 0.3) is 0 Å². The van der Waals surface area contributed by atoms with E-state index in [0.717, 1.165) is 5.69 Å². The van der Waals surface area contributed by atoms with Gasteiger partial charge in [0.15, 0.2) is 0 Å². The Morgan fingerprint density at radius 2 is 2.33 bits per heavy atom. The Bertz CT molecular complexity index is 450. The Hall–Kier alpha value is -1.49. The SMILES string of the molecule is O=C(c1ccc(CBr)nc1)n1ccnc1. The molecule has 2 heterocycles. The molecule has 0 aliphatic carbocycles. The van der Waals surface area contributed by atoms with Gasteiger partial charge in [-0.2, -0.15) is 0 Å². The van der Waals surface area contributed by atoms with Crippen molar-refractivity contribution in [2.75, 3.05) is 0 Å². The van der Waals surface area contributed by atoms with Gasteiger partial charge in [-0.1, -0.05) is 15.9 Å². The number of hydrogen-bond donors (Lipinski definition) is 0. The summed E-state index contributed by atoms with van der Waals surface area (Å²) in [6.07, 6.45) is 6.22. The second kappa shape index (κ2) is 4.35. The van der Waals surface area contributed by atoms with Crippen LogP contribution in [0.1, 0.15) is 16.1 Å². The number of carbonyl (C=O) groups is 1.